The maximum Gasteiger partial charge on any atom is 0.267 e. The van der Waals surface area contributed by atoms with Gasteiger partial charge in [-0.3, -0.25) is 9.78 Å². The molecule has 1 radical (unpaired) electrons. The molecule has 11 heavy (non-hydrogen) atoms. The second-order valence-electron chi connectivity index (χ2n) is 1.89. The molecular formula is C7H7N2OS. The lowest BCUT2D eigenvalue weighted by molar-refractivity contribution is 0.0995. The van der Waals surface area contributed by atoms with Crippen LogP contribution in [0.4, 0.5) is 0 Å². The van der Waals surface area contributed by atoms with E-state index in [1.165, 1.54) is 18.0 Å². The summed E-state index contributed by atoms with van der Waals surface area (Å²) in [5.41, 5.74) is 5.28. The highest BCUT2D eigenvalue weighted by atomic mass is 32.2. The third-order valence-electron chi connectivity index (χ3n) is 1.15. The van der Waals surface area contributed by atoms with E-state index in [4.69, 9.17) is 5.73 Å². The number of pyridine rings is 1. The van der Waals surface area contributed by atoms with E-state index in [9.17, 15) is 4.79 Å². The molecule has 1 amide bonds. The molecule has 0 aliphatic heterocycles. The Morgan fingerprint density at radius 2 is 2.45 bits per heavy atom. The van der Waals surface area contributed by atoms with E-state index in [0.29, 0.717) is 0 Å². The second kappa shape index (κ2) is 3.39. The van der Waals surface area contributed by atoms with Gasteiger partial charge in [0.1, 0.15) is 5.69 Å². The van der Waals surface area contributed by atoms with Crippen molar-refractivity contribution in [3.8, 4) is 0 Å². The third kappa shape index (κ3) is 1.94. The normalized spacial score (nSPS) is 9.55. The van der Waals surface area contributed by atoms with Crippen molar-refractivity contribution in [1.82, 2.24) is 4.98 Å². The summed E-state index contributed by atoms with van der Waals surface area (Å²) in [6.45, 7) is 0. The molecule has 1 aromatic heterocycles. The Balaban J connectivity index is 3.01. The molecule has 4 heteroatoms. The van der Waals surface area contributed by atoms with Gasteiger partial charge in [0, 0.05) is 17.3 Å². The summed E-state index contributed by atoms with van der Waals surface area (Å²) >= 11 is 1.30. The fourth-order valence-electron chi connectivity index (χ4n) is 0.636. The predicted molar refractivity (Wildman–Crippen MR) is 44.0 cm³/mol. The molecule has 3 nitrogen and oxygen atoms in total. The van der Waals surface area contributed by atoms with Gasteiger partial charge in [-0.1, -0.05) is 0 Å². The SMILES string of the molecule is [CH2]Sc1ccnc(C(N)=O)c1. The zero-order valence-electron chi connectivity index (χ0n) is 5.78. The molecule has 0 bridgehead atoms. The minimum absolute atomic E-state index is 0.277. The predicted octanol–water partition coefficient (Wildman–Crippen LogP) is 1.06. The van der Waals surface area contributed by atoms with Crippen molar-refractivity contribution in [1.29, 1.82) is 0 Å². The van der Waals surface area contributed by atoms with Gasteiger partial charge >= 0.3 is 0 Å². The maximum absolute atomic E-state index is 10.6. The summed E-state index contributed by atoms with van der Waals surface area (Å²) < 4.78 is 0. The van der Waals surface area contributed by atoms with Crippen molar-refractivity contribution in [2.24, 2.45) is 5.73 Å². The van der Waals surface area contributed by atoms with Crippen LogP contribution in [-0.2, 0) is 0 Å². The largest absolute Gasteiger partial charge is 0.364 e. The first-order valence-electron chi connectivity index (χ1n) is 2.92. The van der Waals surface area contributed by atoms with E-state index in [2.05, 4.69) is 11.2 Å². The summed E-state index contributed by atoms with van der Waals surface area (Å²) in [6, 6.07) is 3.38. The van der Waals surface area contributed by atoms with Gasteiger partial charge in [-0.25, -0.2) is 0 Å². The number of carbonyl (C=O) groups excluding carboxylic acids is 1. The molecule has 0 aliphatic rings. The molecular weight excluding hydrogens is 160 g/mol. The number of nitrogens with zero attached hydrogens (tertiary/aromatic N) is 1. The fourth-order valence-corrected chi connectivity index (χ4v) is 0.988. The first kappa shape index (κ1) is 8.07. The average molecular weight is 167 g/mol. The second-order valence-corrected chi connectivity index (χ2v) is 2.65. The van der Waals surface area contributed by atoms with Gasteiger partial charge in [0.25, 0.3) is 5.91 Å². The smallest absolute Gasteiger partial charge is 0.267 e. The number of amides is 1. The van der Waals surface area contributed by atoms with Crippen LogP contribution in [0.2, 0.25) is 0 Å². The van der Waals surface area contributed by atoms with Gasteiger partial charge < -0.3 is 5.73 Å². The van der Waals surface area contributed by atoms with Gasteiger partial charge in [-0.2, -0.15) is 0 Å². The highest BCUT2D eigenvalue weighted by Gasteiger charge is 2.00. The lowest BCUT2D eigenvalue weighted by Crippen LogP contribution is -2.12. The van der Waals surface area contributed by atoms with E-state index in [1.807, 2.05) is 0 Å². The van der Waals surface area contributed by atoms with Crippen molar-refractivity contribution in [2.45, 2.75) is 4.90 Å². The van der Waals surface area contributed by atoms with E-state index < -0.39 is 5.91 Å². The Labute approximate surface area is 69.0 Å². The molecule has 0 aromatic carbocycles. The number of hydrogen-bond acceptors (Lipinski definition) is 3. The van der Waals surface area contributed by atoms with E-state index >= 15 is 0 Å². The molecule has 1 heterocycles. The lowest BCUT2D eigenvalue weighted by Gasteiger charge is -1.96. The molecule has 0 unspecified atom stereocenters. The highest BCUT2D eigenvalue weighted by Crippen LogP contribution is 2.14. The third-order valence-corrected chi connectivity index (χ3v) is 1.74. The minimum atomic E-state index is -0.513. The number of thioether (sulfide) groups is 1. The topological polar surface area (TPSA) is 56.0 Å². The Morgan fingerprint density at radius 1 is 1.73 bits per heavy atom. The van der Waals surface area contributed by atoms with Crippen molar-refractivity contribution in [3.05, 3.63) is 30.3 Å². The number of hydrogen-bond donors (Lipinski definition) is 1. The van der Waals surface area contributed by atoms with Gasteiger partial charge in [0.15, 0.2) is 0 Å². The summed E-state index contributed by atoms with van der Waals surface area (Å²) in [5.74, 6) is -0.513. The molecule has 0 atom stereocenters. The summed E-state index contributed by atoms with van der Waals surface area (Å²) in [5, 5.41) is 0. The highest BCUT2D eigenvalue weighted by molar-refractivity contribution is 8.00. The van der Waals surface area contributed by atoms with Gasteiger partial charge in [-0.05, 0) is 12.1 Å². The molecule has 0 saturated carbocycles. The zero-order chi connectivity index (χ0) is 8.27. The average Bonchev–Trinajstić information content (AvgIpc) is 2.05. The summed E-state index contributed by atoms with van der Waals surface area (Å²) in [4.78, 5) is 15.3. The Bertz CT molecular complexity index is 275. The van der Waals surface area contributed by atoms with Gasteiger partial charge in [0.2, 0.25) is 0 Å². The molecule has 1 aromatic rings. The van der Waals surface area contributed by atoms with Crippen LogP contribution in [0.3, 0.4) is 0 Å². The van der Waals surface area contributed by atoms with Crippen molar-refractivity contribution in [2.75, 3.05) is 0 Å². The lowest BCUT2D eigenvalue weighted by atomic mass is 10.3. The Kier molecular flexibility index (Phi) is 2.48. The van der Waals surface area contributed by atoms with E-state index in [1.54, 1.807) is 12.1 Å². The minimum Gasteiger partial charge on any atom is -0.364 e. The van der Waals surface area contributed by atoms with Gasteiger partial charge in [0.05, 0.1) is 0 Å². The Morgan fingerprint density at radius 3 is 3.00 bits per heavy atom. The van der Waals surface area contributed by atoms with Crippen LogP contribution in [0.15, 0.2) is 23.2 Å². The van der Waals surface area contributed by atoms with Crippen LogP contribution < -0.4 is 5.73 Å². The van der Waals surface area contributed by atoms with E-state index in [0.717, 1.165) is 4.90 Å². The van der Waals surface area contributed by atoms with Crippen molar-refractivity contribution >= 4 is 17.7 Å². The van der Waals surface area contributed by atoms with Crippen LogP contribution >= 0.6 is 11.8 Å². The first-order chi connectivity index (χ1) is 5.24. The van der Waals surface area contributed by atoms with Crippen LogP contribution in [0.5, 0.6) is 0 Å². The zero-order valence-corrected chi connectivity index (χ0v) is 6.60. The molecule has 0 fully saturated rings. The van der Waals surface area contributed by atoms with Crippen molar-refractivity contribution < 1.29 is 4.79 Å². The Hall–Kier alpha value is -1.03. The molecule has 2 N–H and O–H groups in total. The quantitative estimate of drug-likeness (QED) is 0.670. The van der Waals surface area contributed by atoms with Crippen molar-refractivity contribution in [3.63, 3.8) is 0 Å². The number of carbonyl (C=O) groups is 1. The maximum atomic E-state index is 10.6. The molecule has 0 aliphatic carbocycles. The standard InChI is InChI=1S/C7H7N2OS/c1-11-5-2-3-9-6(4-5)7(8)10/h2-4H,1H2,(H2,8,10). The monoisotopic (exact) mass is 167 g/mol. The van der Waals surface area contributed by atoms with Crippen LogP contribution in [0, 0.1) is 6.26 Å². The number of rotatable bonds is 2. The van der Waals surface area contributed by atoms with Crippen LogP contribution in [0.25, 0.3) is 0 Å². The van der Waals surface area contributed by atoms with Crippen LogP contribution in [-0.4, -0.2) is 10.9 Å². The van der Waals surface area contributed by atoms with Crippen LogP contribution in [0.1, 0.15) is 10.5 Å². The molecule has 57 valence electrons. The number of aromatic nitrogens is 1. The number of primary amides is 1. The molecule has 0 saturated heterocycles. The summed E-state index contributed by atoms with van der Waals surface area (Å²) in [7, 11) is 0. The number of nitrogens with two attached hydrogens (primary N) is 1. The first-order valence-corrected chi connectivity index (χ1v) is 3.90. The van der Waals surface area contributed by atoms with E-state index in [-0.39, 0.29) is 5.69 Å². The molecule has 1 rings (SSSR count). The fraction of sp³-hybridized carbons (Fsp3) is 0. The molecule has 0 spiro atoms. The summed E-state index contributed by atoms with van der Waals surface area (Å²) in [6.07, 6.45) is 5.13. The van der Waals surface area contributed by atoms with Gasteiger partial charge in [-0.15, -0.1) is 11.8 Å².